The average molecular weight is 259 g/mol. The van der Waals surface area contributed by atoms with Gasteiger partial charge in [0.05, 0.1) is 0 Å². The van der Waals surface area contributed by atoms with Gasteiger partial charge >= 0.3 is 6.55 Å². The molecule has 1 aromatic heterocycles. The average Bonchev–Trinajstić information content (AvgIpc) is 2.99. The van der Waals surface area contributed by atoms with E-state index in [1.807, 2.05) is 0 Å². The van der Waals surface area contributed by atoms with Crippen molar-refractivity contribution in [3.8, 4) is 0 Å². The van der Waals surface area contributed by atoms with E-state index in [1.54, 1.807) is 0 Å². The molecule has 1 unspecified atom stereocenters. The first-order chi connectivity index (χ1) is 8.66. The molecule has 1 fully saturated rings. The van der Waals surface area contributed by atoms with Gasteiger partial charge in [0.1, 0.15) is 5.69 Å². The van der Waals surface area contributed by atoms with Crippen LogP contribution in [0.4, 0.5) is 8.78 Å². The van der Waals surface area contributed by atoms with E-state index in [-0.39, 0.29) is 5.69 Å². The number of aromatic nitrogens is 2. The molecule has 2 rings (SSSR count). The number of hydrogen-bond donors (Lipinski definition) is 1. The second-order valence-corrected chi connectivity index (χ2v) is 4.23. The Morgan fingerprint density at radius 3 is 3.11 bits per heavy atom. The molecule has 1 aromatic rings. The molecule has 1 atom stereocenters. The number of carbonyl (C=O) groups excluding carboxylic acids is 1. The fourth-order valence-electron chi connectivity index (χ4n) is 1.86. The Kier molecular flexibility index (Phi) is 4.24. The lowest BCUT2D eigenvalue weighted by atomic mass is 10.1. The van der Waals surface area contributed by atoms with E-state index in [9.17, 15) is 13.6 Å². The summed E-state index contributed by atoms with van der Waals surface area (Å²) in [6.07, 6.45) is 2.93. The number of nitrogens with one attached hydrogen (secondary N) is 1. The zero-order chi connectivity index (χ0) is 13.0. The van der Waals surface area contributed by atoms with E-state index in [0.29, 0.717) is 17.1 Å². The third-order valence-corrected chi connectivity index (χ3v) is 2.90. The van der Waals surface area contributed by atoms with Gasteiger partial charge in [-0.25, -0.2) is 4.68 Å². The number of rotatable bonds is 5. The second kappa shape index (κ2) is 5.90. The molecule has 0 spiro atoms. The highest BCUT2D eigenvalue weighted by atomic mass is 19.3. The van der Waals surface area contributed by atoms with Crippen LogP contribution in [0.2, 0.25) is 0 Å². The maximum Gasteiger partial charge on any atom is 0.333 e. The topological polar surface area (TPSA) is 56.1 Å². The summed E-state index contributed by atoms with van der Waals surface area (Å²) < 4.78 is 30.2. The Bertz CT molecular complexity index is 403. The van der Waals surface area contributed by atoms with Gasteiger partial charge in [0, 0.05) is 26.0 Å². The van der Waals surface area contributed by atoms with Gasteiger partial charge in [-0.1, -0.05) is 0 Å². The van der Waals surface area contributed by atoms with Crippen molar-refractivity contribution >= 4 is 5.91 Å². The maximum absolute atomic E-state index is 12.3. The molecule has 0 radical (unpaired) electrons. The minimum absolute atomic E-state index is 0.0120. The van der Waals surface area contributed by atoms with Crippen molar-refractivity contribution in [3.63, 3.8) is 0 Å². The summed E-state index contributed by atoms with van der Waals surface area (Å²) in [6.45, 7) is -0.705. The van der Waals surface area contributed by atoms with Gasteiger partial charge in [-0.3, -0.25) is 4.79 Å². The van der Waals surface area contributed by atoms with Crippen molar-refractivity contribution in [3.05, 3.63) is 18.0 Å². The van der Waals surface area contributed by atoms with Gasteiger partial charge in [-0.15, -0.1) is 0 Å². The lowest BCUT2D eigenvalue weighted by Crippen LogP contribution is -2.26. The fraction of sp³-hybridized carbons (Fsp3) is 0.636. The smallest absolute Gasteiger partial charge is 0.333 e. The standard InChI is InChI=1S/C11H15F2N3O2/c12-11(13)16-5-2-9(15-16)10(17)14-4-1-8-3-6-18-7-8/h2,5,8,11H,1,3-4,6-7H2,(H,14,17). The summed E-state index contributed by atoms with van der Waals surface area (Å²) in [5.74, 6) is 0.0530. The Morgan fingerprint density at radius 1 is 1.67 bits per heavy atom. The summed E-state index contributed by atoms with van der Waals surface area (Å²) in [7, 11) is 0. The van der Waals surface area contributed by atoms with E-state index in [0.717, 1.165) is 32.3 Å². The van der Waals surface area contributed by atoms with Crippen LogP contribution in [-0.2, 0) is 4.74 Å². The number of alkyl halides is 2. The summed E-state index contributed by atoms with van der Waals surface area (Å²) in [5.41, 5.74) is 0.0120. The summed E-state index contributed by atoms with van der Waals surface area (Å²) in [6, 6.07) is 1.28. The predicted molar refractivity (Wildman–Crippen MR) is 59.4 cm³/mol. The molecule has 0 aromatic carbocycles. The van der Waals surface area contributed by atoms with Crippen molar-refractivity contribution in [2.75, 3.05) is 19.8 Å². The van der Waals surface area contributed by atoms with Crippen LogP contribution in [0.15, 0.2) is 12.3 Å². The lowest BCUT2D eigenvalue weighted by molar-refractivity contribution is 0.0560. The minimum atomic E-state index is -2.72. The fourth-order valence-corrected chi connectivity index (χ4v) is 1.86. The quantitative estimate of drug-likeness (QED) is 0.870. The summed E-state index contributed by atoms with van der Waals surface area (Å²) in [4.78, 5) is 11.6. The van der Waals surface area contributed by atoms with E-state index in [4.69, 9.17) is 4.74 Å². The highest BCUT2D eigenvalue weighted by molar-refractivity contribution is 5.92. The molecule has 2 heterocycles. The van der Waals surface area contributed by atoms with Crippen LogP contribution in [0.5, 0.6) is 0 Å². The molecule has 0 aliphatic carbocycles. The van der Waals surface area contributed by atoms with Gasteiger partial charge in [0.15, 0.2) is 0 Å². The largest absolute Gasteiger partial charge is 0.381 e. The zero-order valence-electron chi connectivity index (χ0n) is 9.81. The predicted octanol–water partition coefficient (Wildman–Crippen LogP) is 1.43. The minimum Gasteiger partial charge on any atom is -0.381 e. The Balaban J connectivity index is 1.76. The summed E-state index contributed by atoms with van der Waals surface area (Å²) in [5, 5.41) is 6.15. The number of ether oxygens (including phenoxy) is 1. The Labute approximate surface area is 103 Å². The summed E-state index contributed by atoms with van der Waals surface area (Å²) >= 11 is 0. The third-order valence-electron chi connectivity index (χ3n) is 2.90. The monoisotopic (exact) mass is 259 g/mol. The van der Waals surface area contributed by atoms with E-state index in [2.05, 4.69) is 10.4 Å². The molecular weight excluding hydrogens is 244 g/mol. The van der Waals surface area contributed by atoms with Crippen LogP contribution in [0.1, 0.15) is 29.9 Å². The number of nitrogens with zero attached hydrogens (tertiary/aromatic N) is 2. The molecule has 1 N–H and O–H groups in total. The Hall–Kier alpha value is -1.50. The molecule has 1 aliphatic heterocycles. The van der Waals surface area contributed by atoms with Crippen molar-refractivity contribution < 1.29 is 18.3 Å². The molecule has 0 bridgehead atoms. The van der Waals surface area contributed by atoms with Gasteiger partial charge < -0.3 is 10.1 Å². The molecule has 1 amide bonds. The van der Waals surface area contributed by atoms with Crippen molar-refractivity contribution in [1.82, 2.24) is 15.1 Å². The number of hydrogen-bond acceptors (Lipinski definition) is 3. The first-order valence-corrected chi connectivity index (χ1v) is 5.86. The molecule has 100 valence electrons. The molecular formula is C11H15F2N3O2. The number of halogens is 2. The van der Waals surface area contributed by atoms with Crippen LogP contribution in [-0.4, -0.2) is 35.4 Å². The van der Waals surface area contributed by atoms with E-state index < -0.39 is 12.5 Å². The van der Waals surface area contributed by atoms with Gasteiger partial charge in [-0.05, 0) is 24.8 Å². The first kappa shape index (κ1) is 12.9. The van der Waals surface area contributed by atoms with E-state index >= 15 is 0 Å². The van der Waals surface area contributed by atoms with E-state index in [1.165, 1.54) is 6.07 Å². The number of carbonyl (C=O) groups is 1. The van der Waals surface area contributed by atoms with Crippen molar-refractivity contribution in [2.24, 2.45) is 5.92 Å². The van der Waals surface area contributed by atoms with Crippen LogP contribution < -0.4 is 5.32 Å². The second-order valence-electron chi connectivity index (χ2n) is 4.23. The zero-order valence-corrected chi connectivity index (χ0v) is 9.81. The highest BCUT2D eigenvalue weighted by Gasteiger charge is 2.16. The van der Waals surface area contributed by atoms with Crippen LogP contribution >= 0.6 is 0 Å². The van der Waals surface area contributed by atoms with Gasteiger partial charge in [0.25, 0.3) is 5.91 Å². The van der Waals surface area contributed by atoms with Crippen LogP contribution in [0.3, 0.4) is 0 Å². The molecule has 1 aliphatic rings. The van der Waals surface area contributed by atoms with Crippen molar-refractivity contribution in [1.29, 1.82) is 0 Å². The van der Waals surface area contributed by atoms with Crippen LogP contribution in [0.25, 0.3) is 0 Å². The molecule has 18 heavy (non-hydrogen) atoms. The van der Waals surface area contributed by atoms with Gasteiger partial charge in [0.2, 0.25) is 0 Å². The van der Waals surface area contributed by atoms with Crippen LogP contribution in [0, 0.1) is 5.92 Å². The first-order valence-electron chi connectivity index (χ1n) is 5.86. The molecule has 5 nitrogen and oxygen atoms in total. The SMILES string of the molecule is O=C(NCCC1CCOC1)c1ccn(C(F)F)n1. The maximum atomic E-state index is 12.3. The third kappa shape index (κ3) is 3.25. The molecule has 1 saturated heterocycles. The van der Waals surface area contributed by atoms with Gasteiger partial charge in [-0.2, -0.15) is 13.9 Å². The molecule has 0 saturated carbocycles. The lowest BCUT2D eigenvalue weighted by Gasteiger charge is -2.07. The van der Waals surface area contributed by atoms with Crippen molar-refractivity contribution in [2.45, 2.75) is 19.4 Å². The normalized spacial score (nSPS) is 19.4. The molecule has 7 heteroatoms. The highest BCUT2D eigenvalue weighted by Crippen LogP contribution is 2.15. The number of amides is 1. The Morgan fingerprint density at radius 2 is 2.50 bits per heavy atom.